The Morgan fingerprint density at radius 2 is 2.00 bits per heavy atom. The van der Waals surface area contributed by atoms with E-state index in [1.54, 1.807) is 13.0 Å². The lowest BCUT2D eigenvalue weighted by molar-refractivity contribution is -0.385. The number of amides is 1. The number of hydrogen-bond acceptors (Lipinski definition) is 5. The lowest BCUT2D eigenvalue weighted by Crippen LogP contribution is -2.36. The molecule has 0 aliphatic carbocycles. The fourth-order valence-corrected chi connectivity index (χ4v) is 2.87. The predicted octanol–water partition coefficient (Wildman–Crippen LogP) is 1.79. The molecule has 1 heterocycles. The third-order valence-electron chi connectivity index (χ3n) is 4.29. The van der Waals surface area contributed by atoms with Crippen LogP contribution >= 0.6 is 0 Å². The molecular formula is C16H24N4O3. The average molecular weight is 320 g/mol. The lowest BCUT2D eigenvalue weighted by atomic mass is 10.1. The normalized spacial score (nSPS) is 16.8. The van der Waals surface area contributed by atoms with Crippen molar-refractivity contribution in [1.82, 2.24) is 9.80 Å². The van der Waals surface area contributed by atoms with Crippen molar-refractivity contribution in [3.63, 3.8) is 0 Å². The number of carbonyl (C=O) groups is 1. The van der Waals surface area contributed by atoms with Crippen molar-refractivity contribution in [2.45, 2.75) is 20.3 Å². The van der Waals surface area contributed by atoms with E-state index in [9.17, 15) is 14.9 Å². The molecule has 1 amide bonds. The predicted molar refractivity (Wildman–Crippen MR) is 89.8 cm³/mol. The molecule has 1 aromatic rings. The number of carbonyl (C=O) groups excluding carboxylic acids is 1. The molecule has 1 N–H and O–H groups in total. The molecule has 0 spiro atoms. The van der Waals surface area contributed by atoms with E-state index in [4.69, 9.17) is 0 Å². The highest BCUT2D eigenvalue weighted by Crippen LogP contribution is 2.28. The number of hydrogen-bond donors (Lipinski definition) is 1. The maximum Gasteiger partial charge on any atom is 0.274 e. The Hall–Kier alpha value is -1.99. The van der Waals surface area contributed by atoms with Crippen molar-refractivity contribution in [2.75, 3.05) is 45.1 Å². The Kier molecular flexibility index (Phi) is 5.68. The van der Waals surface area contributed by atoms with Crippen molar-refractivity contribution < 1.29 is 9.72 Å². The molecule has 126 valence electrons. The number of anilines is 1. The van der Waals surface area contributed by atoms with E-state index in [0.29, 0.717) is 17.8 Å². The summed E-state index contributed by atoms with van der Waals surface area (Å²) in [5, 5.41) is 13.9. The van der Waals surface area contributed by atoms with Crippen molar-refractivity contribution in [3.8, 4) is 0 Å². The number of nitro groups is 1. The van der Waals surface area contributed by atoms with Crippen LogP contribution in [0.4, 0.5) is 11.4 Å². The SMILES string of the molecule is Cc1ccc([N+](=O)[O-])c(C)c1NC(=O)CN1CCCN(C)CC1. The van der Waals surface area contributed by atoms with Gasteiger partial charge in [-0.3, -0.25) is 19.8 Å². The van der Waals surface area contributed by atoms with Gasteiger partial charge in [-0.05, 0) is 46.0 Å². The number of rotatable bonds is 4. The molecule has 0 saturated carbocycles. The van der Waals surface area contributed by atoms with Gasteiger partial charge in [0.1, 0.15) is 0 Å². The molecular weight excluding hydrogens is 296 g/mol. The van der Waals surface area contributed by atoms with E-state index < -0.39 is 4.92 Å². The summed E-state index contributed by atoms with van der Waals surface area (Å²) in [5.41, 5.74) is 1.91. The second-order valence-corrected chi connectivity index (χ2v) is 6.14. The number of benzene rings is 1. The van der Waals surface area contributed by atoms with Gasteiger partial charge in [0.2, 0.25) is 5.91 Å². The molecule has 0 atom stereocenters. The molecule has 0 aromatic heterocycles. The second-order valence-electron chi connectivity index (χ2n) is 6.14. The molecule has 0 unspecified atom stereocenters. The minimum atomic E-state index is -0.422. The zero-order valence-electron chi connectivity index (χ0n) is 14.0. The fourth-order valence-electron chi connectivity index (χ4n) is 2.87. The second kappa shape index (κ2) is 7.52. The largest absolute Gasteiger partial charge is 0.324 e. The highest BCUT2D eigenvalue weighted by molar-refractivity contribution is 5.94. The van der Waals surface area contributed by atoms with Crippen LogP contribution in [0.5, 0.6) is 0 Å². The molecule has 1 aliphatic rings. The van der Waals surface area contributed by atoms with Gasteiger partial charge >= 0.3 is 0 Å². The maximum absolute atomic E-state index is 12.3. The van der Waals surface area contributed by atoms with Crippen molar-refractivity contribution in [3.05, 3.63) is 33.4 Å². The van der Waals surface area contributed by atoms with E-state index >= 15 is 0 Å². The minimum absolute atomic E-state index is 0.0299. The molecule has 7 nitrogen and oxygen atoms in total. The Balaban J connectivity index is 2.05. The minimum Gasteiger partial charge on any atom is -0.324 e. The van der Waals surface area contributed by atoms with Crippen molar-refractivity contribution >= 4 is 17.3 Å². The first-order chi connectivity index (χ1) is 10.9. The van der Waals surface area contributed by atoms with E-state index in [2.05, 4.69) is 22.2 Å². The topological polar surface area (TPSA) is 78.7 Å². The Morgan fingerprint density at radius 1 is 1.26 bits per heavy atom. The summed E-state index contributed by atoms with van der Waals surface area (Å²) in [6.45, 7) is 7.56. The third-order valence-corrected chi connectivity index (χ3v) is 4.29. The number of nitro benzene ring substituents is 1. The fraction of sp³-hybridized carbons (Fsp3) is 0.562. The van der Waals surface area contributed by atoms with Gasteiger partial charge in [-0.25, -0.2) is 0 Å². The summed E-state index contributed by atoms with van der Waals surface area (Å²) >= 11 is 0. The summed E-state index contributed by atoms with van der Waals surface area (Å²) in [6.07, 6.45) is 1.04. The molecule has 7 heteroatoms. The molecule has 23 heavy (non-hydrogen) atoms. The van der Waals surface area contributed by atoms with Crippen LogP contribution in [-0.2, 0) is 4.79 Å². The molecule has 1 aromatic carbocycles. The smallest absolute Gasteiger partial charge is 0.274 e. The average Bonchev–Trinajstić information content (AvgIpc) is 2.68. The van der Waals surface area contributed by atoms with Crippen molar-refractivity contribution in [2.24, 2.45) is 0 Å². The molecule has 0 radical (unpaired) electrons. The highest BCUT2D eigenvalue weighted by Gasteiger charge is 2.19. The monoisotopic (exact) mass is 320 g/mol. The van der Waals surface area contributed by atoms with Crippen LogP contribution in [0.25, 0.3) is 0 Å². The summed E-state index contributed by atoms with van der Waals surface area (Å²) in [4.78, 5) is 27.3. The van der Waals surface area contributed by atoms with E-state index in [-0.39, 0.29) is 11.6 Å². The van der Waals surface area contributed by atoms with Gasteiger partial charge in [0.15, 0.2) is 0 Å². The van der Waals surface area contributed by atoms with Crippen LogP contribution in [0.3, 0.4) is 0 Å². The summed E-state index contributed by atoms with van der Waals surface area (Å²) in [5.74, 6) is -0.124. The number of aryl methyl sites for hydroxylation is 1. The Morgan fingerprint density at radius 3 is 2.70 bits per heavy atom. The van der Waals surface area contributed by atoms with Gasteiger partial charge in [-0.2, -0.15) is 0 Å². The lowest BCUT2D eigenvalue weighted by Gasteiger charge is -2.20. The van der Waals surface area contributed by atoms with Crippen LogP contribution in [-0.4, -0.2) is 60.4 Å². The zero-order chi connectivity index (χ0) is 17.0. The van der Waals surface area contributed by atoms with Crippen LogP contribution in [0, 0.1) is 24.0 Å². The summed E-state index contributed by atoms with van der Waals surface area (Å²) in [7, 11) is 2.08. The van der Waals surface area contributed by atoms with E-state index in [1.807, 2.05) is 6.92 Å². The first-order valence-electron chi connectivity index (χ1n) is 7.84. The molecule has 1 saturated heterocycles. The Labute approximate surface area is 136 Å². The molecule has 0 bridgehead atoms. The highest BCUT2D eigenvalue weighted by atomic mass is 16.6. The Bertz CT molecular complexity index is 603. The van der Waals surface area contributed by atoms with Gasteiger partial charge < -0.3 is 10.2 Å². The standard InChI is InChI=1S/C16H24N4O3/c1-12-5-6-14(20(22)23)13(2)16(12)17-15(21)11-19-8-4-7-18(3)9-10-19/h5-6H,4,7-11H2,1-3H3,(H,17,21). The van der Waals surface area contributed by atoms with Crippen LogP contribution in [0.2, 0.25) is 0 Å². The van der Waals surface area contributed by atoms with E-state index in [1.165, 1.54) is 6.07 Å². The van der Waals surface area contributed by atoms with E-state index in [0.717, 1.165) is 38.2 Å². The number of nitrogens with zero attached hydrogens (tertiary/aromatic N) is 3. The molecule has 1 fully saturated rings. The quantitative estimate of drug-likeness (QED) is 0.676. The first-order valence-corrected chi connectivity index (χ1v) is 7.84. The summed E-state index contributed by atoms with van der Waals surface area (Å²) in [6, 6.07) is 3.15. The van der Waals surface area contributed by atoms with Crippen LogP contribution in [0.1, 0.15) is 17.5 Å². The maximum atomic E-state index is 12.3. The first kappa shape index (κ1) is 17.4. The van der Waals surface area contributed by atoms with Crippen molar-refractivity contribution in [1.29, 1.82) is 0 Å². The number of likely N-dealkylation sites (N-methyl/N-ethyl adjacent to an activating group) is 1. The summed E-state index contributed by atoms with van der Waals surface area (Å²) < 4.78 is 0. The third kappa shape index (κ3) is 4.49. The molecule has 2 rings (SSSR count). The van der Waals surface area contributed by atoms with Gasteiger partial charge in [0.25, 0.3) is 5.69 Å². The van der Waals surface area contributed by atoms with Gasteiger partial charge in [-0.1, -0.05) is 6.07 Å². The van der Waals surface area contributed by atoms with Crippen LogP contribution < -0.4 is 5.32 Å². The van der Waals surface area contributed by atoms with Gasteiger partial charge in [0, 0.05) is 19.2 Å². The molecule has 1 aliphatic heterocycles. The number of nitrogens with one attached hydrogen (secondary N) is 1. The van der Waals surface area contributed by atoms with Crippen LogP contribution in [0.15, 0.2) is 12.1 Å². The zero-order valence-corrected chi connectivity index (χ0v) is 14.0. The van der Waals surface area contributed by atoms with Gasteiger partial charge in [0.05, 0.1) is 22.7 Å². The van der Waals surface area contributed by atoms with Gasteiger partial charge in [-0.15, -0.1) is 0 Å².